The smallest absolute Gasteiger partial charge is 0.306 e. The molecule has 166 valence electrons. The zero-order valence-corrected chi connectivity index (χ0v) is 19.0. The summed E-state index contributed by atoms with van der Waals surface area (Å²) in [6, 6.07) is 6.23. The van der Waals surface area contributed by atoms with Crippen LogP contribution in [0.15, 0.2) is 29.2 Å². The highest BCUT2D eigenvalue weighted by Crippen LogP contribution is 2.24. The van der Waals surface area contributed by atoms with E-state index in [0.29, 0.717) is 31.3 Å². The van der Waals surface area contributed by atoms with Crippen molar-refractivity contribution in [1.29, 1.82) is 0 Å². The highest BCUT2D eigenvalue weighted by Gasteiger charge is 2.27. The van der Waals surface area contributed by atoms with E-state index in [0.717, 1.165) is 19.3 Å². The number of nitrogens with one attached hydrogen (secondary N) is 2. The summed E-state index contributed by atoms with van der Waals surface area (Å²) in [7, 11) is -3.51. The van der Waals surface area contributed by atoms with Crippen LogP contribution < -0.4 is 10.6 Å². The Kier molecular flexibility index (Phi) is 9.19. The van der Waals surface area contributed by atoms with Gasteiger partial charge >= 0.3 is 5.97 Å². The Balaban J connectivity index is 1.84. The fraction of sp³-hybridized carbons (Fsp3) is 0.550. The number of hydrogen-bond donors (Lipinski definition) is 2. The number of amides is 1. The van der Waals surface area contributed by atoms with Crippen LogP contribution in [0.25, 0.3) is 0 Å². The number of rotatable bonds is 8. The van der Waals surface area contributed by atoms with Gasteiger partial charge in [0.2, 0.25) is 15.9 Å². The molecule has 1 saturated heterocycles. The average molecular weight is 456 g/mol. The normalized spacial score (nSPS) is 15.4. The van der Waals surface area contributed by atoms with Gasteiger partial charge in [0.15, 0.2) is 5.11 Å². The van der Waals surface area contributed by atoms with Crippen LogP contribution in [0.4, 0.5) is 5.69 Å². The summed E-state index contributed by atoms with van der Waals surface area (Å²) >= 11 is 5.10. The van der Waals surface area contributed by atoms with Gasteiger partial charge < -0.3 is 15.4 Å². The first-order chi connectivity index (χ1) is 14.2. The maximum atomic E-state index is 12.8. The van der Waals surface area contributed by atoms with Gasteiger partial charge in [0.25, 0.3) is 0 Å². The third-order valence-corrected chi connectivity index (χ3v) is 6.89. The summed E-state index contributed by atoms with van der Waals surface area (Å²) in [6.45, 7) is 5.42. The summed E-state index contributed by atoms with van der Waals surface area (Å²) < 4.78 is 31.9. The summed E-state index contributed by atoms with van der Waals surface area (Å²) in [5.74, 6) is -0.286. The van der Waals surface area contributed by atoms with Crippen molar-refractivity contribution >= 4 is 44.9 Å². The van der Waals surface area contributed by atoms with Gasteiger partial charge in [0, 0.05) is 25.2 Å². The molecule has 1 heterocycles. The molecule has 2 rings (SSSR count). The number of sulfonamides is 1. The van der Waals surface area contributed by atoms with E-state index >= 15 is 0 Å². The van der Waals surface area contributed by atoms with Crippen molar-refractivity contribution in [3.05, 3.63) is 24.3 Å². The maximum absolute atomic E-state index is 12.8. The molecule has 2 N–H and O–H groups in total. The Morgan fingerprint density at radius 1 is 1.17 bits per heavy atom. The molecule has 8 nitrogen and oxygen atoms in total. The standard InChI is InChI=1S/C20H29N3O5S2/c1-3-14-28-19(25)9-8-18(24)22-20(29)21-16-4-6-17(7-5-16)30(26,27)23-12-10-15(2)11-13-23/h4-7,15H,3,8-14H2,1-2H3,(H2,21,22,24,29). The Morgan fingerprint density at radius 3 is 2.40 bits per heavy atom. The van der Waals surface area contributed by atoms with Crippen LogP contribution in [-0.4, -0.2) is 49.4 Å². The molecule has 1 aromatic carbocycles. The lowest BCUT2D eigenvalue weighted by Gasteiger charge is -2.29. The lowest BCUT2D eigenvalue weighted by molar-refractivity contribution is -0.144. The lowest BCUT2D eigenvalue weighted by Crippen LogP contribution is -2.37. The van der Waals surface area contributed by atoms with Crippen LogP contribution >= 0.6 is 12.2 Å². The highest BCUT2D eigenvalue weighted by atomic mass is 32.2. The molecule has 1 fully saturated rings. The van der Waals surface area contributed by atoms with Crippen molar-refractivity contribution in [2.45, 2.75) is 50.8 Å². The lowest BCUT2D eigenvalue weighted by atomic mass is 10.0. The molecule has 1 aliphatic rings. The molecule has 0 aromatic heterocycles. The van der Waals surface area contributed by atoms with Crippen LogP contribution in [-0.2, 0) is 24.3 Å². The number of anilines is 1. The van der Waals surface area contributed by atoms with Gasteiger partial charge in [-0.25, -0.2) is 8.42 Å². The SMILES string of the molecule is CCCOC(=O)CCC(=O)NC(=S)Nc1ccc(S(=O)(=O)N2CCC(C)CC2)cc1. The van der Waals surface area contributed by atoms with Crippen LogP contribution in [0.3, 0.4) is 0 Å². The third-order valence-electron chi connectivity index (χ3n) is 4.77. The van der Waals surface area contributed by atoms with Crippen LogP contribution in [0, 0.1) is 5.92 Å². The Hall–Kier alpha value is -2.04. The van der Waals surface area contributed by atoms with Crippen molar-refractivity contribution < 1.29 is 22.7 Å². The number of piperidine rings is 1. The van der Waals surface area contributed by atoms with Crippen molar-refractivity contribution in [1.82, 2.24) is 9.62 Å². The van der Waals surface area contributed by atoms with E-state index in [9.17, 15) is 18.0 Å². The fourth-order valence-corrected chi connectivity index (χ4v) is 4.64. The molecule has 0 bridgehead atoms. The molecule has 0 spiro atoms. The predicted molar refractivity (Wildman–Crippen MR) is 118 cm³/mol. The first kappa shape index (κ1) is 24.2. The second kappa shape index (κ2) is 11.4. The number of esters is 1. The minimum absolute atomic E-state index is 0.0176. The van der Waals surface area contributed by atoms with E-state index in [1.165, 1.54) is 16.4 Å². The summed E-state index contributed by atoms with van der Waals surface area (Å²) in [5, 5.41) is 5.39. The van der Waals surface area contributed by atoms with Gasteiger partial charge in [0.05, 0.1) is 17.9 Å². The van der Waals surface area contributed by atoms with E-state index in [2.05, 4.69) is 17.6 Å². The average Bonchev–Trinajstić information content (AvgIpc) is 2.71. The number of hydrogen-bond acceptors (Lipinski definition) is 6. The van der Waals surface area contributed by atoms with Gasteiger partial charge in [-0.15, -0.1) is 0 Å². The first-order valence-electron chi connectivity index (χ1n) is 10.1. The van der Waals surface area contributed by atoms with E-state index in [1.807, 2.05) is 6.92 Å². The fourth-order valence-electron chi connectivity index (χ4n) is 2.94. The molecule has 0 radical (unpaired) electrons. The van der Waals surface area contributed by atoms with Crippen molar-refractivity contribution in [2.75, 3.05) is 25.0 Å². The number of ether oxygens (including phenoxy) is 1. The second-order valence-electron chi connectivity index (χ2n) is 7.33. The maximum Gasteiger partial charge on any atom is 0.306 e. The van der Waals surface area contributed by atoms with E-state index in [-0.39, 0.29) is 22.8 Å². The molecule has 10 heteroatoms. The van der Waals surface area contributed by atoms with Crippen LogP contribution in [0.2, 0.25) is 0 Å². The molecule has 1 aromatic rings. The molecule has 0 unspecified atom stereocenters. The molecular formula is C20H29N3O5S2. The van der Waals surface area contributed by atoms with Crippen LogP contribution in [0.5, 0.6) is 0 Å². The van der Waals surface area contributed by atoms with Gasteiger partial charge in [0.1, 0.15) is 0 Å². The first-order valence-corrected chi connectivity index (χ1v) is 11.9. The molecule has 30 heavy (non-hydrogen) atoms. The van der Waals surface area contributed by atoms with Gasteiger partial charge in [-0.05, 0) is 61.7 Å². The highest BCUT2D eigenvalue weighted by molar-refractivity contribution is 7.89. The molecule has 0 aliphatic carbocycles. The second-order valence-corrected chi connectivity index (χ2v) is 9.68. The number of carbonyl (C=O) groups is 2. The largest absolute Gasteiger partial charge is 0.466 e. The Bertz CT molecular complexity index is 848. The molecule has 1 aliphatic heterocycles. The minimum Gasteiger partial charge on any atom is -0.466 e. The summed E-state index contributed by atoms with van der Waals surface area (Å²) in [6.07, 6.45) is 2.40. The summed E-state index contributed by atoms with van der Waals surface area (Å²) in [4.78, 5) is 23.5. The number of carbonyl (C=O) groups excluding carboxylic acids is 2. The monoisotopic (exact) mass is 455 g/mol. The number of benzene rings is 1. The Morgan fingerprint density at radius 2 is 1.80 bits per heavy atom. The quantitative estimate of drug-likeness (QED) is 0.459. The van der Waals surface area contributed by atoms with Gasteiger partial charge in [-0.1, -0.05) is 13.8 Å². The predicted octanol–water partition coefficient (Wildman–Crippen LogP) is 2.65. The van der Waals surface area contributed by atoms with Crippen molar-refractivity contribution in [2.24, 2.45) is 5.92 Å². The Labute approximate surface area is 183 Å². The van der Waals surface area contributed by atoms with Crippen molar-refractivity contribution in [3.8, 4) is 0 Å². The molecular weight excluding hydrogens is 426 g/mol. The van der Waals surface area contributed by atoms with Gasteiger partial charge in [-0.3, -0.25) is 9.59 Å². The van der Waals surface area contributed by atoms with E-state index in [1.54, 1.807) is 12.1 Å². The van der Waals surface area contributed by atoms with Crippen LogP contribution in [0.1, 0.15) is 46.0 Å². The number of thiocarbonyl (C=S) groups is 1. The van der Waals surface area contributed by atoms with E-state index < -0.39 is 21.9 Å². The zero-order valence-electron chi connectivity index (χ0n) is 17.3. The third kappa shape index (κ3) is 7.33. The summed E-state index contributed by atoms with van der Waals surface area (Å²) in [5.41, 5.74) is 0.550. The van der Waals surface area contributed by atoms with Crippen molar-refractivity contribution in [3.63, 3.8) is 0 Å². The zero-order chi connectivity index (χ0) is 22.1. The minimum atomic E-state index is -3.51. The van der Waals surface area contributed by atoms with Gasteiger partial charge in [-0.2, -0.15) is 4.31 Å². The van der Waals surface area contributed by atoms with E-state index in [4.69, 9.17) is 17.0 Å². The topological polar surface area (TPSA) is 105 Å². The molecule has 0 atom stereocenters. The molecule has 0 saturated carbocycles. The number of nitrogens with zero attached hydrogens (tertiary/aromatic N) is 1. The molecule has 1 amide bonds.